The molecule has 1 aromatic rings. The minimum atomic E-state index is -0.641. The number of benzene rings is 1. The van der Waals surface area contributed by atoms with Crippen LogP contribution >= 0.6 is 23.2 Å². The molecule has 0 atom stereocenters. The van der Waals surface area contributed by atoms with Crippen LogP contribution in [0.25, 0.3) is 0 Å². The normalized spacial score (nSPS) is 10.3. The van der Waals surface area contributed by atoms with E-state index >= 15 is 0 Å². The Balaban J connectivity index is 2.60. The van der Waals surface area contributed by atoms with Gasteiger partial charge < -0.3 is 4.74 Å². The zero-order valence-electron chi connectivity index (χ0n) is 11.5. The Morgan fingerprint density at radius 2 is 1.50 bits per heavy atom. The molecule has 1 rings (SSSR count). The molecular formula is C15H18Cl2O3. The summed E-state index contributed by atoms with van der Waals surface area (Å²) in [6.45, 7) is 2.70. The van der Waals surface area contributed by atoms with Gasteiger partial charge in [0.15, 0.2) is 0 Å². The SMILES string of the molecule is CCCCCCCOc1cc(C(=O)Cl)cc(C(=O)Cl)c1. The first-order chi connectivity index (χ1) is 9.54. The lowest BCUT2D eigenvalue weighted by Gasteiger charge is -2.08. The monoisotopic (exact) mass is 316 g/mol. The van der Waals surface area contributed by atoms with Gasteiger partial charge in [0.1, 0.15) is 5.75 Å². The van der Waals surface area contributed by atoms with Gasteiger partial charge in [-0.2, -0.15) is 0 Å². The van der Waals surface area contributed by atoms with E-state index in [1.807, 2.05) is 0 Å². The lowest BCUT2D eigenvalue weighted by atomic mass is 10.1. The Bertz CT molecular complexity index is 440. The van der Waals surface area contributed by atoms with Crippen molar-refractivity contribution in [2.75, 3.05) is 6.61 Å². The van der Waals surface area contributed by atoms with Crippen LogP contribution in [0.2, 0.25) is 0 Å². The van der Waals surface area contributed by atoms with Crippen molar-refractivity contribution in [3.05, 3.63) is 29.3 Å². The third kappa shape index (κ3) is 5.93. The summed E-state index contributed by atoms with van der Waals surface area (Å²) in [7, 11) is 0. The Morgan fingerprint density at radius 1 is 0.950 bits per heavy atom. The van der Waals surface area contributed by atoms with Gasteiger partial charge in [-0.15, -0.1) is 0 Å². The Morgan fingerprint density at radius 3 is 2.00 bits per heavy atom. The number of halogens is 2. The molecule has 0 amide bonds. The lowest BCUT2D eigenvalue weighted by Crippen LogP contribution is -2.01. The highest BCUT2D eigenvalue weighted by Crippen LogP contribution is 2.20. The second kappa shape index (κ2) is 8.98. The molecule has 0 aliphatic heterocycles. The molecular weight excluding hydrogens is 299 g/mol. The zero-order valence-corrected chi connectivity index (χ0v) is 13.0. The summed E-state index contributed by atoms with van der Waals surface area (Å²) < 4.78 is 5.55. The minimum absolute atomic E-state index is 0.208. The Kier molecular flexibility index (Phi) is 7.63. The van der Waals surface area contributed by atoms with Crippen molar-refractivity contribution in [1.82, 2.24) is 0 Å². The van der Waals surface area contributed by atoms with E-state index in [-0.39, 0.29) is 11.1 Å². The van der Waals surface area contributed by atoms with Crippen LogP contribution in [0.1, 0.15) is 59.7 Å². The third-order valence-electron chi connectivity index (χ3n) is 2.88. The molecule has 5 heteroatoms. The first kappa shape index (κ1) is 17.0. The van der Waals surface area contributed by atoms with Gasteiger partial charge in [-0.3, -0.25) is 9.59 Å². The fourth-order valence-corrected chi connectivity index (χ4v) is 2.02. The fourth-order valence-electron chi connectivity index (χ4n) is 1.80. The lowest BCUT2D eigenvalue weighted by molar-refractivity contribution is 0.108. The smallest absolute Gasteiger partial charge is 0.252 e. The molecule has 20 heavy (non-hydrogen) atoms. The van der Waals surface area contributed by atoms with Crippen LogP contribution in [0, 0.1) is 0 Å². The van der Waals surface area contributed by atoms with Crippen LogP contribution in [-0.2, 0) is 0 Å². The Hall–Kier alpha value is -1.06. The highest BCUT2D eigenvalue weighted by Gasteiger charge is 2.11. The standard InChI is InChI=1S/C15H18Cl2O3/c1-2-3-4-5-6-7-20-13-9-11(14(16)18)8-12(10-13)15(17)19/h8-10H,2-7H2,1H3. The fraction of sp³-hybridized carbons (Fsp3) is 0.467. The van der Waals surface area contributed by atoms with Gasteiger partial charge in [0, 0.05) is 11.1 Å². The van der Waals surface area contributed by atoms with Crippen molar-refractivity contribution in [2.24, 2.45) is 0 Å². The van der Waals surface area contributed by atoms with Crippen LogP contribution in [0.5, 0.6) is 5.75 Å². The van der Waals surface area contributed by atoms with Crippen LogP contribution < -0.4 is 4.74 Å². The second-order valence-corrected chi connectivity index (χ2v) is 5.24. The summed E-state index contributed by atoms with van der Waals surface area (Å²) in [5, 5.41) is -1.28. The second-order valence-electron chi connectivity index (χ2n) is 4.56. The van der Waals surface area contributed by atoms with Crippen molar-refractivity contribution in [1.29, 1.82) is 0 Å². The number of carbonyl (C=O) groups excluding carboxylic acids is 2. The molecule has 0 spiro atoms. The summed E-state index contributed by atoms with van der Waals surface area (Å²) in [6, 6.07) is 4.40. The minimum Gasteiger partial charge on any atom is -0.494 e. The molecule has 0 aromatic heterocycles. The molecule has 0 fully saturated rings. The molecule has 1 aromatic carbocycles. The van der Waals surface area contributed by atoms with Gasteiger partial charge in [0.2, 0.25) is 0 Å². The van der Waals surface area contributed by atoms with Crippen LogP contribution in [0.15, 0.2) is 18.2 Å². The van der Waals surface area contributed by atoms with Crippen molar-refractivity contribution in [3.63, 3.8) is 0 Å². The highest BCUT2D eigenvalue weighted by molar-refractivity contribution is 6.69. The van der Waals surface area contributed by atoms with E-state index in [2.05, 4.69) is 6.92 Å². The number of carbonyl (C=O) groups is 2. The number of hydrogen-bond donors (Lipinski definition) is 0. The predicted molar refractivity (Wildman–Crippen MR) is 81.1 cm³/mol. The molecule has 0 saturated heterocycles. The van der Waals surface area contributed by atoms with Crippen molar-refractivity contribution < 1.29 is 14.3 Å². The van der Waals surface area contributed by atoms with Crippen molar-refractivity contribution in [3.8, 4) is 5.75 Å². The Labute approximate surface area is 129 Å². The first-order valence-electron chi connectivity index (χ1n) is 6.72. The maximum absolute atomic E-state index is 11.2. The average molecular weight is 317 g/mol. The molecule has 0 aliphatic carbocycles. The molecule has 0 N–H and O–H groups in total. The molecule has 0 radical (unpaired) electrons. The van der Waals surface area contributed by atoms with Gasteiger partial charge in [0.05, 0.1) is 6.61 Å². The summed E-state index contributed by atoms with van der Waals surface area (Å²) in [6.07, 6.45) is 5.64. The largest absolute Gasteiger partial charge is 0.494 e. The summed E-state index contributed by atoms with van der Waals surface area (Å²) in [5.74, 6) is 0.441. The average Bonchev–Trinajstić information content (AvgIpc) is 2.42. The maximum atomic E-state index is 11.2. The molecule has 0 unspecified atom stereocenters. The summed E-state index contributed by atoms with van der Waals surface area (Å²) in [4.78, 5) is 22.4. The van der Waals surface area contributed by atoms with Gasteiger partial charge in [-0.25, -0.2) is 0 Å². The van der Waals surface area contributed by atoms with Crippen LogP contribution in [-0.4, -0.2) is 17.1 Å². The number of hydrogen-bond acceptors (Lipinski definition) is 3. The van der Waals surface area contributed by atoms with Gasteiger partial charge in [-0.05, 0) is 47.8 Å². The van der Waals surface area contributed by atoms with Crippen molar-refractivity contribution in [2.45, 2.75) is 39.0 Å². The van der Waals surface area contributed by atoms with Crippen LogP contribution in [0.3, 0.4) is 0 Å². The number of ether oxygens (including phenoxy) is 1. The quantitative estimate of drug-likeness (QED) is 0.485. The highest BCUT2D eigenvalue weighted by atomic mass is 35.5. The molecule has 0 bridgehead atoms. The van der Waals surface area contributed by atoms with E-state index in [1.165, 1.54) is 37.5 Å². The third-order valence-corrected chi connectivity index (χ3v) is 3.31. The molecule has 110 valence electrons. The maximum Gasteiger partial charge on any atom is 0.252 e. The van der Waals surface area contributed by atoms with E-state index < -0.39 is 10.5 Å². The summed E-state index contributed by atoms with van der Waals surface area (Å²) >= 11 is 10.8. The van der Waals surface area contributed by atoms with E-state index in [4.69, 9.17) is 27.9 Å². The van der Waals surface area contributed by atoms with E-state index in [1.54, 1.807) is 0 Å². The molecule has 0 aliphatic rings. The van der Waals surface area contributed by atoms with Gasteiger partial charge in [-0.1, -0.05) is 32.6 Å². The van der Waals surface area contributed by atoms with E-state index in [0.29, 0.717) is 12.4 Å². The van der Waals surface area contributed by atoms with Gasteiger partial charge >= 0.3 is 0 Å². The first-order valence-corrected chi connectivity index (χ1v) is 7.47. The van der Waals surface area contributed by atoms with Gasteiger partial charge in [0.25, 0.3) is 10.5 Å². The van der Waals surface area contributed by atoms with E-state index in [9.17, 15) is 9.59 Å². The zero-order chi connectivity index (χ0) is 15.0. The predicted octanol–water partition coefficient (Wildman–Crippen LogP) is 4.79. The number of rotatable bonds is 9. The van der Waals surface area contributed by atoms with Crippen LogP contribution in [0.4, 0.5) is 0 Å². The summed E-state index contributed by atoms with van der Waals surface area (Å²) in [5.41, 5.74) is 0.415. The van der Waals surface area contributed by atoms with E-state index in [0.717, 1.165) is 12.8 Å². The molecule has 0 heterocycles. The number of unbranched alkanes of at least 4 members (excludes halogenated alkanes) is 4. The topological polar surface area (TPSA) is 43.4 Å². The van der Waals surface area contributed by atoms with Crippen molar-refractivity contribution >= 4 is 33.7 Å². The molecule has 0 saturated carbocycles. The molecule has 3 nitrogen and oxygen atoms in total.